The first kappa shape index (κ1) is 21.0. The quantitative estimate of drug-likeness (QED) is 0.644. The lowest BCUT2D eigenvalue weighted by Crippen LogP contribution is -2.51. The number of fused-ring (bicyclic) bond motifs is 1. The van der Waals surface area contributed by atoms with Gasteiger partial charge in [-0.2, -0.15) is 4.31 Å². The summed E-state index contributed by atoms with van der Waals surface area (Å²) in [6.07, 6.45) is 1.35. The number of benzene rings is 2. The minimum atomic E-state index is -3.87. The lowest BCUT2D eigenvalue weighted by Gasteiger charge is -2.34. The van der Waals surface area contributed by atoms with E-state index in [0.29, 0.717) is 10.9 Å². The minimum Gasteiger partial charge on any atom is -0.507 e. The first-order valence-electron chi connectivity index (χ1n) is 9.79. The molecule has 0 radical (unpaired) electrons. The van der Waals surface area contributed by atoms with Gasteiger partial charge in [-0.25, -0.2) is 13.4 Å². The van der Waals surface area contributed by atoms with Crippen molar-refractivity contribution in [3.63, 3.8) is 0 Å². The zero-order valence-electron chi connectivity index (χ0n) is 16.9. The lowest BCUT2D eigenvalue weighted by atomic mass is 10.2. The summed E-state index contributed by atoms with van der Waals surface area (Å²) < 4.78 is 28.3. The highest BCUT2D eigenvalue weighted by molar-refractivity contribution is 7.89. The molecule has 9 nitrogen and oxygen atoms in total. The smallest absolute Gasteiger partial charge is 0.261 e. The zero-order chi connectivity index (χ0) is 22.2. The second-order valence-electron chi connectivity index (χ2n) is 7.45. The van der Waals surface area contributed by atoms with E-state index >= 15 is 0 Å². The summed E-state index contributed by atoms with van der Waals surface area (Å²) in [7, 11) is -3.87. The number of nitrogens with zero attached hydrogens (tertiary/aromatic N) is 4. The third-order valence-corrected chi connectivity index (χ3v) is 7.29. The molecular weight excluding hydrogens is 420 g/mol. The molecule has 1 fully saturated rings. The van der Waals surface area contributed by atoms with Crippen molar-refractivity contribution in [2.75, 3.05) is 26.2 Å². The fourth-order valence-corrected chi connectivity index (χ4v) is 5.20. The van der Waals surface area contributed by atoms with Crippen molar-refractivity contribution in [2.45, 2.75) is 18.4 Å². The van der Waals surface area contributed by atoms with Gasteiger partial charge < -0.3 is 10.0 Å². The van der Waals surface area contributed by atoms with Crippen molar-refractivity contribution >= 4 is 26.8 Å². The van der Waals surface area contributed by atoms with Crippen LogP contribution in [0.4, 0.5) is 0 Å². The van der Waals surface area contributed by atoms with Gasteiger partial charge in [0.2, 0.25) is 15.9 Å². The van der Waals surface area contributed by atoms with Gasteiger partial charge in [-0.05, 0) is 36.8 Å². The van der Waals surface area contributed by atoms with Gasteiger partial charge in [-0.1, -0.05) is 18.2 Å². The molecule has 31 heavy (non-hydrogen) atoms. The van der Waals surface area contributed by atoms with E-state index in [-0.39, 0.29) is 54.8 Å². The van der Waals surface area contributed by atoms with E-state index in [9.17, 15) is 23.1 Å². The molecule has 1 N–H and O–H groups in total. The van der Waals surface area contributed by atoms with Crippen molar-refractivity contribution in [3.8, 4) is 5.75 Å². The highest BCUT2D eigenvalue weighted by atomic mass is 32.2. The number of amides is 1. The van der Waals surface area contributed by atoms with Crippen LogP contribution in [0.3, 0.4) is 0 Å². The third kappa shape index (κ3) is 4.04. The molecule has 3 aromatic rings. The number of sulfonamides is 1. The highest BCUT2D eigenvalue weighted by Crippen LogP contribution is 2.27. The summed E-state index contributed by atoms with van der Waals surface area (Å²) in [5, 5.41) is 10.4. The van der Waals surface area contributed by atoms with Crippen LogP contribution in [0, 0.1) is 6.92 Å². The van der Waals surface area contributed by atoms with E-state index in [2.05, 4.69) is 4.98 Å². The summed E-state index contributed by atoms with van der Waals surface area (Å²) in [5.74, 6) is -0.582. The van der Waals surface area contributed by atoms with Crippen LogP contribution >= 0.6 is 0 Å². The monoisotopic (exact) mass is 442 g/mol. The number of aromatic hydroxyl groups is 1. The summed E-state index contributed by atoms with van der Waals surface area (Å²) in [6, 6.07) is 11.3. The van der Waals surface area contributed by atoms with Gasteiger partial charge in [0.15, 0.2) is 0 Å². The van der Waals surface area contributed by atoms with E-state index in [1.807, 2.05) is 0 Å². The van der Waals surface area contributed by atoms with Gasteiger partial charge in [0, 0.05) is 26.2 Å². The Bertz CT molecular complexity index is 1310. The van der Waals surface area contributed by atoms with E-state index in [4.69, 9.17) is 0 Å². The van der Waals surface area contributed by atoms with Crippen molar-refractivity contribution in [2.24, 2.45) is 0 Å². The van der Waals surface area contributed by atoms with Gasteiger partial charge in [0.1, 0.15) is 17.2 Å². The number of aryl methyl sites for hydroxylation is 1. The highest BCUT2D eigenvalue weighted by Gasteiger charge is 2.32. The molecule has 0 aliphatic carbocycles. The number of para-hydroxylation sites is 1. The SMILES string of the molecule is Cc1ccc(O)c(S(=O)(=O)N2CCN(C(=O)Cn3cnc4ccccc4c3=O)CC2)c1. The molecule has 1 aliphatic rings. The Labute approximate surface area is 179 Å². The van der Waals surface area contributed by atoms with Gasteiger partial charge in [0.25, 0.3) is 5.56 Å². The summed E-state index contributed by atoms with van der Waals surface area (Å²) in [4.78, 5) is 30.9. The molecule has 0 bridgehead atoms. The maximum absolute atomic E-state index is 12.9. The zero-order valence-corrected chi connectivity index (χ0v) is 17.7. The van der Waals surface area contributed by atoms with E-state index in [1.54, 1.807) is 37.3 Å². The molecule has 0 saturated carbocycles. The Balaban J connectivity index is 1.45. The molecule has 1 aromatic heterocycles. The average molecular weight is 442 g/mol. The first-order valence-corrected chi connectivity index (χ1v) is 11.2. The summed E-state index contributed by atoms with van der Waals surface area (Å²) >= 11 is 0. The lowest BCUT2D eigenvalue weighted by molar-refractivity contribution is -0.133. The molecule has 1 amide bonds. The van der Waals surface area contributed by atoms with Gasteiger partial charge >= 0.3 is 0 Å². The number of phenols is 1. The molecule has 1 saturated heterocycles. The number of carbonyl (C=O) groups is 1. The molecule has 2 heterocycles. The summed E-state index contributed by atoms with van der Waals surface area (Å²) in [5.41, 5.74) is 0.990. The average Bonchev–Trinajstić information content (AvgIpc) is 2.77. The number of hydrogen-bond acceptors (Lipinski definition) is 6. The molecule has 0 spiro atoms. The van der Waals surface area contributed by atoms with Gasteiger partial charge in [-0.3, -0.25) is 14.2 Å². The Morgan fingerprint density at radius 1 is 1.10 bits per heavy atom. The fourth-order valence-electron chi connectivity index (χ4n) is 3.61. The second-order valence-corrected chi connectivity index (χ2v) is 9.36. The molecular formula is C21H22N4O5S. The molecule has 10 heteroatoms. The van der Waals surface area contributed by atoms with Crippen molar-refractivity contribution in [3.05, 3.63) is 64.7 Å². The van der Waals surface area contributed by atoms with Crippen LogP contribution in [0.5, 0.6) is 5.75 Å². The molecule has 162 valence electrons. The number of carbonyl (C=O) groups excluding carboxylic acids is 1. The number of aromatic nitrogens is 2. The van der Waals surface area contributed by atoms with Gasteiger partial charge in [0.05, 0.1) is 17.2 Å². The normalized spacial score (nSPS) is 15.3. The molecule has 4 rings (SSSR count). The number of hydrogen-bond donors (Lipinski definition) is 1. The third-order valence-electron chi connectivity index (χ3n) is 5.36. The molecule has 1 aliphatic heterocycles. The molecule has 0 unspecified atom stereocenters. The fraction of sp³-hybridized carbons (Fsp3) is 0.286. The van der Waals surface area contributed by atoms with Gasteiger partial charge in [-0.15, -0.1) is 0 Å². The van der Waals surface area contributed by atoms with Crippen LogP contribution < -0.4 is 5.56 Å². The van der Waals surface area contributed by atoms with Crippen LogP contribution in [0.25, 0.3) is 10.9 Å². The van der Waals surface area contributed by atoms with E-state index in [1.165, 1.54) is 32.2 Å². The van der Waals surface area contributed by atoms with Crippen LogP contribution in [0.15, 0.2) is 58.5 Å². The van der Waals surface area contributed by atoms with Crippen LogP contribution in [-0.4, -0.2) is 64.4 Å². The topological polar surface area (TPSA) is 113 Å². The maximum Gasteiger partial charge on any atom is 0.261 e. The number of phenolic OH excluding ortho intramolecular Hbond substituents is 1. The van der Waals surface area contributed by atoms with E-state index < -0.39 is 10.0 Å². The van der Waals surface area contributed by atoms with Crippen LogP contribution in [-0.2, 0) is 21.4 Å². The molecule has 0 atom stereocenters. The van der Waals surface area contributed by atoms with Crippen molar-refractivity contribution < 1.29 is 18.3 Å². The Morgan fingerprint density at radius 2 is 1.81 bits per heavy atom. The number of rotatable bonds is 4. The first-order chi connectivity index (χ1) is 14.8. The largest absolute Gasteiger partial charge is 0.507 e. The predicted molar refractivity (Wildman–Crippen MR) is 114 cm³/mol. The Kier molecular flexibility index (Phi) is 5.50. The standard InChI is InChI=1S/C21H22N4O5S/c1-15-6-7-18(26)19(12-15)31(29,30)25-10-8-23(9-11-25)20(27)13-24-14-22-17-5-3-2-4-16(17)21(24)28/h2-7,12,14,26H,8-11,13H2,1H3. The predicted octanol–water partition coefficient (Wildman–Crippen LogP) is 0.944. The summed E-state index contributed by atoms with van der Waals surface area (Å²) in [6.45, 7) is 2.18. The van der Waals surface area contributed by atoms with Crippen LogP contribution in [0.2, 0.25) is 0 Å². The second kappa shape index (κ2) is 8.12. The Hall–Kier alpha value is -3.24. The van der Waals surface area contributed by atoms with Crippen molar-refractivity contribution in [1.29, 1.82) is 0 Å². The number of piperazine rings is 1. The van der Waals surface area contributed by atoms with E-state index in [0.717, 1.165) is 5.56 Å². The minimum absolute atomic E-state index is 0.103. The van der Waals surface area contributed by atoms with Crippen LogP contribution in [0.1, 0.15) is 5.56 Å². The Morgan fingerprint density at radius 3 is 2.55 bits per heavy atom. The maximum atomic E-state index is 12.9. The van der Waals surface area contributed by atoms with Crippen molar-refractivity contribution in [1.82, 2.24) is 18.8 Å². The molecule has 2 aromatic carbocycles.